The molecule has 2 aliphatic rings. The molecule has 0 unspecified atom stereocenters. The summed E-state index contributed by atoms with van der Waals surface area (Å²) in [5.74, 6) is 0.560. The molecular formula is C15H30O5Si. The van der Waals surface area contributed by atoms with Gasteiger partial charge in [0.05, 0.1) is 6.61 Å². The highest BCUT2D eigenvalue weighted by Crippen LogP contribution is 2.45. The van der Waals surface area contributed by atoms with E-state index in [1.54, 1.807) is 0 Å². The summed E-state index contributed by atoms with van der Waals surface area (Å²) >= 11 is 0. The summed E-state index contributed by atoms with van der Waals surface area (Å²) < 4.78 is 22.8. The van der Waals surface area contributed by atoms with Gasteiger partial charge in [0.15, 0.2) is 14.6 Å². The van der Waals surface area contributed by atoms with E-state index in [4.69, 9.17) is 18.6 Å². The summed E-state index contributed by atoms with van der Waals surface area (Å²) in [7, 11) is -0.340. The van der Waals surface area contributed by atoms with Gasteiger partial charge in [0.2, 0.25) is 0 Å². The lowest BCUT2D eigenvalue weighted by Crippen LogP contribution is -2.51. The average molecular weight is 318 g/mol. The van der Waals surface area contributed by atoms with Crippen molar-refractivity contribution in [1.29, 1.82) is 0 Å². The van der Waals surface area contributed by atoms with Gasteiger partial charge in [-0.15, -0.1) is 0 Å². The topological polar surface area (TPSA) is 60.5 Å². The van der Waals surface area contributed by atoms with Gasteiger partial charge >= 0.3 is 0 Å². The molecule has 2 aliphatic heterocycles. The fraction of sp³-hybridized carbons (Fsp3) is 1.00. The molecule has 0 radical (unpaired) electrons. The Hall–Kier alpha value is 0.0169. The Kier molecular flexibility index (Phi) is 4.88. The van der Waals surface area contributed by atoms with E-state index in [1.807, 2.05) is 0 Å². The Bertz CT molecular complexity index is 371. The maximum Gasteiger partial charge on any atom is 0.192 e. The smallest absolute Gasteiger partial charge is 0.192 e. The molecule has 5 nitrogen and oxygen atoms in total. The van der Waals surface area contributed by atoms with Crippen molar-refractivity contribution in [3.63, 3.8) is 0 Å². The zero-order valence-corrected chi connectivity index (χ0v) is 15.3. The predicted molar refractivity (Wildman–Crippen MR) is 82.7 cm³/mol. The lowest BCUT2D eigenvalue weighted by molar-refractivity contribution is -0.222. The Labute approximate surface area is 129 Å². The molecule has 2 heterocycles. The van der Waals surface area contributed by atoms with Crippen molar-refractivity contribution in [3.05, 3.63) is 0 Å². The van der Waals surface area contributed by atoms with Gasteiger partial charge in [-0.1, -0.05) is 27.7 Å². The normalized spacial score (nSPS) is 36.7. The van der Waals surface area contributed by atoms with Gasteiger partial charge in [-0.05, 0) is 24.1 Å². The molecule has 0 aromatic carbocycles. The third-order valence-electron chi connectivity index (χ3n) is 5.69. The van der Waals surface area contributed by atoms with Crippen LogP contribution >= 0.6 is 0 Å². The maximum atomic E-state index is 9.92. The number of epoxide rings is 1. The molecule has 6 heteroatoms. The second kappa shape index (κ2) is 5.90. The molecule has 2 rings (SSSR count). The first kappa shape index (κ1) is 17.4. The molecule has 1 N–H and O–H groups in total. The zero-order chi connectivity index (χ0) is 16.0. The average Bonchev–Trinajstić information content (AvgIpc) is 3.18. The van der Waals surface area contributed by atoms with Gasteiger partial charge in [-0.25, -0.2) is 0 Å². The van der Waals surface area contributed by atoms with Gasteiger partial charge in [0.25, 0.3) is 0 Å². The minimum Gasteiger partial charge on any atom is -0.414 e. The van der Waals surface area contributed by atoms with Crippen molar-refractivity contribution < 1.29 is 23.7 Å². The van der Waals surface area contributed by atoms with Gasteiger partial charge in [0.1, 0.15) is 24.4 Å². The number of aliphatic hydroxyl groups is 1. The van der Waals surface area contributed by atoms with Gasteiger partial charge in [-0.3, -0.25) is 0 Å². The number of aliphatic hydroxyl groups excluding tert-OH is 1. The maximum absolute atomic E-state index is 9.92. The van der Waals surface area contributed by atoms with Crippen LogP contribution in [0.4, 0.5) is 0 Å². The number of rotatable bonds is 6. The standard InChI is InChI=1S/C15H30O5Si/c1-9(2)15(3,4)21(6,7)18-8-10-12-13(20-12)11(16)14(17-5)19-10/h9-14,16H,8H2,1-7H3/t10-,11-,12+,13-,14+/m1/s1. The van der Waals surface area contributed by atoms with Crippen molar-refractivity contribution >= 4 is 8.32 Å². The van der Waals surface area contributed by atoms with E-state index in [1.165, 1.54) is 7.11 Å². The first-order valence-electron chi connectivity index (χ1n) is 7.77. The zero-order valence-electron chi connectivity index (χ0n) is 14.3. The minimum absolute atomic E-state index is 0.0571. The van der Waals surface area contributed by atoms with Crippen LogP contribution in [0.5, 0.6) is 0 Å². The summed E-state index contributed by atoms with van der Waals surface area (Å²) in [6.07, 6.45) is -1.70. The molecule has 124 valence electrons. The third kappa shape index (κ3) is 3.21. The third-order valence-corrected chi connectivity index (χ3v) is 10.3. The van der Waals surface area contributed by atoms with Crippen LogP contribution in [0.15, 0.2) is 0 Å². The molecule has 21 heavy (non-hydrogen) atoms. The van der Waals surface area contributed by atoms with E-state index in [-0.39, 0.29) is 23.4 Å². The van der Waals surface area contributed by atoms with E-state index >= 15 is 0 Å². The first-order chi connectivity index (χ1) is 9.61. The van der Waals surface area contributed by atoms with Crippen molar-refractivity contribution in [2.75, 3.05) is 13.7 Å². The van der Waals surface area contributed by atoms with Crippen LogP contribution in [-0.4, -0.2) is 57.8 Å². The second-order valence-electron chi connectivity index (χ2n) is 7.53. The van der Waals surface area contributed by atoms with Crippen LogP contribution in [0.3, 0.4) is 0 Å². The molecule has 0 amide bonds. The van der Waals surface area contributed by atoms with Crippen molar-refractivity contribution in [2.24, 2.45) is 5.92 Å². The summed E-state index contributed by atoms with van der Waals surface area (Å²) in [4.78, 5) is 0. The highest BCUT2D eigenvalue weighted by molar-refractivity contribution is 6.74. The number of fused-ring (bicyclic) bond motifs is 1. The van der Waals surface area contributed by atoms with Crippen molar-refractivity contribution in [2.45, 2.75) is 76.5 Å². The van der Waals surface area contributed by atoms with Crippen LogP contribution in [0, 0.1) is 5.92 Å². The number of hydrogen-bond donors (Lipinski definition) is 1. The Morgan fingerprint density at radius 2 is 1.81 bits per heavy atom. The molecule has 0 spiro atoms. The summed E-state index contributed by atoms with van der Waals surface area (Å²) in [6, 6.07) is 0. The molecule has 0 aromatic rings. The lowest BCUT2D eigenvalue weighted by atomic mass is 9.99. The summed E-state index contributed by atoms with van der Waals surface area (Å²) in [5.41, 5.74) is 0. The van der Waals surface area contributed by atoms with Gasteiger partial charge in [-0.2, -0.15) is 0 Å². The monoisotopic (exact) mass is 318 g/mol. The molecule has 0 aliphatic carbocycles. The molecule has 2 fully saturated rings. The highest BCUT2D eigenvalue weighted by Gasteiger charge is 2.58. The van der Waals surface area contributed by atoms with Gasteiger partial charge in [0, 0.05) is 7.11 Å². The predicted octanol–water partition coefficient (Wildman–Crippen LogP) is 2.14. The van der Waals surface area contributed by atoms with E-state index in [9.17, 15) is 5.11 Å². The van der Waals surface area contributed by atoms with Crippen molar-refractivity contribution in [1.82, 2.24) is 0 Å². The second-order valence-corrected chi connectivity index (χ2v) is 12.1. The quantitative estimate of drug-likeness (QED) is 0.600. The molecule has 0 saturated carbocycles. The number of ether oxygens (including phenoxy) is 3. The highest BCUT2D eigenvalue weighted by atomic mass is 28.4. The Morgan fingerprint density at radius 3 is 2.33 bits per heavy atom. The van der Waals surface area contributed by atoms with Crippen LogP contribution in [0.2, 0.25) is 18.1 Å². The Balaban J connectivity index is 1.94. The van der Waals surface area contributed by atoms with E-state index < -0.39 is 20.7 Å². The van der Waals surface area contributed by atoms with Crippen LogP contribution < -0.4 is 0 Å². The van der Waals surface area contributed by atoms with E-state index in [2.05, 4.69) is 40.8 Å². The fourth-order valence-corrected chi connectivity index (χ4v) is 5.04. The van der Waals surface area contributed by atoms with Gasteiger partial charge < -0.3 is 23.7 Å². The van der Waals surface area contributed by atoms with Crippen molar-refractivity contribution in [3.8, 4) is 0 Å². The fourth-order valence-electron chi connectivity index (χ4n) is 2.70. The molecular weight excluding hydrogens is 288 g/mol. The molecule has 0 aromatic heterocycles. The van der Waals surface area contributed by atoms with Crippen LogP contribution in [0.25, 0.3) is 0 Å². The Morgan fingerprint density at radius 1 is 1.19 bits per heavy atom. The number of methoxy groups -OCH3 is 1. The lowest BCUT2D eigenvalue weighted by Gasteiger charge is -2.43. The van der Waals surface area contributed by atoms with E-state index in [0.29, 0.717) is 12.5 Å². The largest absolute Gasteiger partial charge is 0.414 e. The molecule has 5 atom stereocenters. The van der Waals surface area contributed by atoms with E-state index in [0.717, 1.165) is 0 Å². The minimum atomic E-state index is -1.88. The number of hydrogen-bond acceptors (Lipinski definition) is 5. The summed E-state index contributed by atoms with van der Waals surface area (Å²) in [5, 5.41) is 10.1. The molecule has 2 saturated heterocycles. The SMILES string of the molecule is CO[C@H]1O[C@H](CO[Si](C)(C)C(C)(C)C(C)C)[C@@H]2O[C@@H]2[C@H]1O. The first-order valence-corrected chi connectivity index (χ1v) is 10.7. The summed E-state index contributed by atoms with van der Waals surface area (Å²) in [6.45, 7) is 14.1. The molecule has 0 bridgehead atoms. The van der Waals surface area contributed by atoms with Crippen LogP contribution in [-0.2, 0) is 18.6 Å². The van der Waals surface area contributed by atoms with Crippen LogP contribution in [0.1, 0.15) is 27.7 Å².